The van der Waals surface area contributed by atoms with Crippen molar-refractivity contribution >= 4 is 0 Å². The molecule has 0 aromatic carbocycles. The molecule has 1 unspecified atom stereocenters. The summed E-state index contributed by atoms with van der Waals surface area (Å²) in [6.45, 7) is -0.0203. The number of nitrogens with zero attached hydrogens (tertiary/aromatic N) is 1. The van der Waals surface area contributed by atoms with Crippen molar-refractivity contribution in [2.24, 2.45) is 5.73 Å². The van der Waals surface area contributed by atoms with Crippen molar-refractivity contribution in [3.63, 3.8) is 0 Å². The number of H-pyrrole nitrogens is 1. The Hall–Kier alpha value is -0.900. The molecular formula is C5H8FN3. The highest BCUT2D eigenvalue weighted by atomic mass is 19.1. The summed E-state index contributed by atoms with van der Waals surface area (Å²) in [6.07, 6.45) is 1.91. The van der Waals surface area contributed by atoms with Gasteiger partial charge in [-0.25, -0.2) is 9.37 Å². The first-order valence-corrected chi connectivity index (χ1v) is 2.68. The molecule has 1 aromatic heterocycles. The van der Waals surface area contributed by atoms with E-state index in [0.717, 1.165) is 0 Å². The van der Waals surface area contributed by atoms with E-state index in [-0.39, 0.29) is 6.54 Å². The SMILES string of the molecule is NCC(F)c1ncc[nH]1. The number of imidazole rings is 1. The molecule has 0 amide bonds. The van der Waals surface area contributed by atoms with Crippen molar-refractivity contribution in [1.82, 2.24) is 9.97 Å². The van der Waals surface area contributed by atoms with E-state index in [9.17, 15) is 4.39 Å². The van der Waals surface area contributed by atoms with E-state index in [0.29, 0.717) is 5.82 Å². The number of halogens is 1. The molecule has 0 spiro atoms. The van der Waals surface area contributed by atoms with Gasteiger partial charge in [-0.05, 0) is 0 Å². The average molecular weight is 129 g/mol. The lowest BCUT2D eigenvalue weighted by atomic mass is 10.4. The van der Waals surface area contributed by atoms with Crippen LogP contribution >= 0.6 is 0 Å². The van der Waals surface area contributed by atoms with Crippen LogP contribution in [0.5, 0.6) is 0 Å². The lowest BCUT2D eigenvalue weighted by Gasteiger charge is -1.97. The monoisotopic (exact) mass is 129 g/mol. The Labute approximate surface area is 52.1 Å². The smallest absolute Gasteiger partial charge is 0.170 e. The van der Waals surface area contributed by atoms with Gasteiger partial charge in [0.15, 0.2) is 6.17 Å². The van der Waals surface area contributed by atoms with Gasteiger partial charge in [0, 0.05) is 18.9 Å². The first-order valence-electron chi connectivity index (χ1n) is 2.68. The van der Waals surface area contributed by atoms with Crippen LogP contribution in [-0.4, -0.2) is 16.5 Å². The topological polar surface area (TPSA) is 54.7 Å². The van der Waals surface area contributed by atoms with Crippen LogP contribution in [0.15, 0.2) is 12.4 Å². The third-order valence-electron chi connectivity index (χ3n) is 1.02. The summed E-state index contributed by atoms with van der Waals surface area (Å²) < 4.78 is 12.5. The van der Waals surface area contributed by atoms with Crippen LogP contribution in [0.2, 0.25) is 0 Å². The molecule has 1 aromatic rings. The lowest BCUT2D eigenvalue weighted by Crippen LogP contribution is -2.08. The van der Waals surface area contributed by atoms with E-state index in [4.69, 9.17) is 5.73 Å². The Kier molecular flexibility index (Phi) is 1.79. The zero-order valence-corrected chi connectivity index (χ0v) is 4.84. The molecule has 3 nitrogen and oxygen atoms in total. The normalized spacial score (nSPS) is 13.6. The van der Waals surface area contributed by atoms with Crippen molar-refractivity contribution in [3.05, 3.63) is 18.2 Å². The van der Waals surface area contributed by atoms with Gasteiger partial charge in [0.25, 0.3) is 0 Å². The molecule has 0 radical (unpaired) electrons. The zero-order chi connectivity index (χ0) is 6.69. The fourth-order valence-electron chi connectivity index (χ4n) is 0.560. The Morgan fingerprint density at radius 3 is 3.11 bits per heavy atom. The summed E-state index contributed by atoms with van der Waals surface area (Å²) in [5.41, 5.74) is 5.03. The van der Waals surface area contributed by atoms with Crippen molar-refractivity contribution < 1.29 is 4.39 Å². The third-order valence-corrected chi connectivity index (χ3v) is 1.02. The van der Waals surface area contributed by atoms with Gasteiger partial charge in [-0.1, -0.05) is 0 Å². The molecule has 0 aliphatic rings. The minimum atomic E-state index is -1.15. The van der Waals surface area contributed by atoms with Gasteiger partial charge in [-0.15, -0.1) is 0 Å². The van der Waals surface area contributed by atoms with Crippen molar-refractivity contribution in [2.45, 2.75) is 6.17 Å². The molecule has 50 valence electrons. The van der Waals surface area contributed by atoms with E-state index >= 15 is 0 Å². The first kappa shape index (κ1) is 6.22. The Morgan fingerprint density at radius 1 is 1.89 bits per heavy atom. The first-order chi connectivity index (χ1) is 4.34. The lowest BCUT2D eigenvalue weighted by molar-refractivity contribution is 0.338. The van der Waals surface area contributed by atoms with Gasteiger partial charge < -0.3 is 10.7 Å². The number of alkyl halides is 1. The minimum Gasteiger partial charge on any atom is -0.346 e. The van der Waals surface area contributed by atoms with E-state index in [1.165, 1.54) is 6.20 Å². The number of aromatic amines is 1. The molecule has 0 saturated heterocycles. The van der Waals surface area contributed by atoms with Gasteiger partial charge in [-0.2, -0.15) is 0 Å². The second kappa shape index (κ2) is 2.59. The molecule has 1 rings (SSSR count). The van der Waals surface area contributed by atoms with Crippen LogP contribution < -0.4 is 5.73 Å². The maximum Gasteiger partial charge on any atom is 0.170 e. The summed E-state index contributed by atoms with van der Waals surface area (Å²) in [5.74, 6) is 0.303. The van der Waals surface area contributed by atoms with E-state index in [1.807, 2.05) is 0 Å². The Bertz CT molecular complexity index is 161. The fraction of sp³-hybridized carbons (Fsp3) is 0.400. The predicted molar refractivity (Wildman–Crippen MR) is 31.5 cm³/mol. The van der Waals surface area contributed by atoms with Crippen LogP contribution in [0.25, 0.3) is 0 Å². The molecule has 1 atom stereocenters. The van der Waals surface area contributed by atoms with Gasteiger partial charge in [-0.3, -0.25) is 0 Å². The maximum absolute atomic E-state index is 12.5. The summed E-state index contributed by atoms with van der Waals surface area (Å²) in [5, 5.41) is 0. The molecule has 0 saturated carbocycles. The summed E-state index contributed by atoms with van der Waals surface area (Å²) >= 11 is 0. The van der Waals surface area contributed by atoms with Gasteiger partial charge in [0.2, 0.25) is 0 Å². The number of nitrogens with two attached hydrogens (primary N) is 1. The largest absolute Gasteiger partial charge is 0.346 e. The van der Waals surface area contributed by atoms with Gasteiger partial charge >= 0.3 is 0 Å². The van der Waals surface area contributed by atoms with Crippen molar-refractivity contribution in [2.75, 3.05) is 6.54 Å². The Morgan fingerprint density at radius 2 is 2.67 bits per heavy atom. The fourth-order valence-corrected chi connectivity index (χ4v) is 0.560. The highest BCUT2D eigenvalue weighted by Gasteiger charge is 2.07. The van der Waals surface area contributed by atoms with Crippen LogP contribution in [0.1, 0.15) is 12.0 Å². The molecule has 9 heavy (non-hydrogen) atoms. The summed E-state index contributed by atoms with van der Waals surface area (Å²) in [4.78, 5) is 6.30. The summed E-state index contributed by atoms with van der Waals surface area (Å²) in [6, 6.07) is 0. The van der Waals surface area contributed by atoms with Gasteiger partial charge in [0.05, 0.1) is 0 Å². The predicted octanol–water partition coefficient (Wildman–Crippen LogP) is 0.379. The zero-order valence-electron chi connectivity index (χ0n) is 4.84. The second-order valence-corrected chi connectivity index (χ2v) is 1.68. The minimum absolute atomic E-state index is 0.0203. The molecule has 3 N–H and O–H groups in total. The molecule has 0 aliphatic heterocycles. The van der Waals surface area contributed by atoms with E-state index in [1.54, 1.807) is 6.20 Å². The number of hydrogen-bond acceptors (Lipinski definition) is 2. The summed E-state index contributed by atoms with van der Waals surface area (Å²) in [7, 11) is 0. The quantitative estimate of drug-likeness (QED) is 0.606. The molecule has 0 bridgehead atoms. The van der Waals surface area contributed by atoms with Crippen LogP contribution in [0.3, 0.4) is 0 Å². The van der Waals surface area contributed by atoms with E-state index in [2.05, 4.69) is 9.97 Å². The van der Waals surface area contributed by atoms with E-state index < -0.39 is 6.17 Å². The van der Waals surface area contributed by atoms with Crippen LogP contribution in [0, 0.1) is 0 Å². The molecule has 0 fully saturated rings. The van der Waals surface area contributed by atoms with Gasteiger partial charge in [0.1, 0.15) is 5.82 Å². The number of aromatic nitrogens is 2. The van der Waals surface area contributed by atoms with Crippen molar-refractivity contribution in [3.8, 4) is 0 Å². The number of hydrogen-bond donors (Lipinski definition) is 2. The van der Waals surface area contributed by atoms with Crippen molar-refractivity contribution in [1.29, 1.82) is 0 Å². The highest BCUT2D eigenvalue weighted by molar-refractivity contribution is 4.91. The second-order valence-electron chi connectivity index (χ2n) is 1.68. The number of rotatable bonds is 2. The number of nitrogens with one attached hydrogen (secondary N) is 1. The Balaban J connectivity index is 2.65. The highest BCUT2D eigenvalue weighted by Crippen LogP contribution is 2.08. The standard InChI is InChI=1S/C5H8FN3/c6-4(3-7)5-8-1-2-9-5/h1-2,4H,3,7H2,(H,8,9). The molecular weight excluding hydrogens is 121 g/mol. The third kappa shape index (κ3) is 1.26. The molecule has 4 heteroatoms. The molecule has 1 heterocycles. The maximum atomic E-state index is 12.5. The average Bonchev–Trinajstić information content (AvgIpc) is 2.37. The molecule has 0 aliphatic carbocycles. The van der Waals surface area contributed by atoms with Crippen LogP contribution in [0.4, 0.5) is 4.39 Å². The van der Waals surface area contributed by atoms with Crippen LogP contribution in [-0.2, 0) is 0 Å².